The van der Waals surface area contributed by atoms with Gasteiger partial charge in [-0.15, -0.1) is 0 Å². The van der Waals surface area contributed by atoms with Crippen molar-refractivity contribution in [1.29, 1.82) is 5.26 Å². The van der Waals surface area contributed by atoms with Crippen LogP contribution in [0.25, 0.3) is 0 Å². The molecule has 0 aromatic heterocycles. The normalized spacial score (nSPS) is 11.1. The van der Waals surface area contributed by atoms with Crippen LogP contribution in [-0.2, 0) is 27.9 Å². The van der Waals surface area contributed by atoms with E-state index in [4.69, 9.17) is 10.00 Å². The summed E-state index contributed by atoms with van der Waals surface area (Å²) < 4.78 is 31.9. The largest absolute Gasteiger partial charge is 0.377 e. The number of nitrogens with one attached hydrogen (secondary N) is 1. The number of hydrogen-bond acceptors (Lipinski definition) is 4. The Morgan fingerprint density at radius 2 is 1.71 bits per heavy atom. The molecule has 1 N–H and O–H groups in total. The molecule has 0 unspecified atom stereocenters. The first-order valence-corrected chi connectivity index (χ1v) is 9.32. The lowest BCUT2D eigenvalue weighted by atomic mass is 10.1. The zero-order chi connectivity index (χ0) is 17.3. The smallest absolute Gasteiger partial charge is 0.211 e. The minimum Gasteiger partial charge on any atom is -0.377 e. The molecule has 6 heteroatoms. The number of nitriles is 1. The van der Waals surface area contributed by atoms with Gasteiger partial charge in [0.25, 0.3) is 0 Å². The molecule has 24 heavy (non-hydrogen) atoms. The van der Waals surface area contributed by atoms with Crippen molar-refractivity contribution in [3.8, 4) is 6.07 Å². The van der Waals surface area contributed by atoms with Gasteiger partial charge in [-0.25, -0.2) is 13.1 Å². The van der Waals surface area contributed by atoms with E-state index >= 15 is 0 Å². The number of rotatable bonds is 9. The third kappa shape index (κ3) is 6.50. The van der Waals surface area contributed by atoms with Crippen molar-refractivity contribution in [2.75, 3.05) is 12.4 Å². The highest BCUT2D eigenvalue weighted by Gasteiger charge is 2.09. The molecule has 0 heterocycles. The lowest BCUT2D eigenvalue weighted by Crippen LogP contribution is -2.26. The molecule has 0 spiro atoms. The van der Waals surface area contributed by atoms with Crippen molar-refractivity contribution in [3.63, 3.8) is 0 Å². The number of benzene rings is 2. The first kappa shape index (κ1) is 18.1. The van der Waals surface area contributed by atoms with Crippen LogP contribution in [0.5, 0.6) is 0 Å². The molecule has 0 radical (unpaired) electrons. The molecule has 2 aromatic rings. The highest BCUT2D eigenvalue weighted by Crippen LogP contribution is 2.04. The molecule has 5 nitrogen and oxygen atoms in total. The standard InChI is InChI=1S/C18H20N2O3S/c19-13-16-7-9-17(10-8-16)14-20-24(21,22)12-4-11-23-15-18-5-2-1-3-6-18/h1-3,5-10,20H,4,11-12,14-15H2. The average molecular weight is 344 g/mol. The van der Waals surface area contributed by atoms with Gasteiger partial charge < -0.3 is 4.74 Å². The Balaban J connectivity index is 1.66. The van der Waals surface area contributed by atoms with Gasteiger partial charge in [0.1, 0.15) is 0 Å². The summed E-state index contributed by atoms with van der Waals surface area (Å²) in [5, 5.41) is 8.73. The lowest BCUT2D eigenvalue weighted by molar-refractivity contribution is 0.122. The monoisotopic (exact) mass is 344 g/mol. The van der Waals surface area contributed by atoms with Crippen LogP contribution in [0.15, 0.2) is 54.6 Å². The van der Waals surface area contributed by atoms with Gasteiger partial charge in [-0.1, -0.05) is 42.5 Å². The quantitative estimate of drug-likeness (QED) is 0.709. The fourth-order valence-electron chi connectivity index (χ4n) is 2.08. The van der Waals surface area contributed by atoms with Gasteiger partial charge in [-0.05, 0) is 29.7 Å². The van der Waals surface area contributed by atoms with Gasteiger partial charge in [0.05, 0.1) is 24.0 Å². The number of ether oxygens (including phenoxy) is 1. The number of sulfonamides is 1. The summed E-state index contributed by atoms with van der Waals surface area (Å²) in [4.78, 5) is 0. The van der Waals surface area contributed by atoms with Gasteiger partial charge in [0.15, 0.2) is 0 Å². The summed E-state index contributed by atoms with van der Waals surface area (Å²) in [6.07, 6.45) is 0.440. The van der Waals surface area contributed by atoms with E-state index in [9.17, 15) is 8.42 Å². The van der Waals surface area contributed by atoms with Gasteiger partial charge >= 0.3 is 0 Å². The zero-order valence-electron chi connectivity index (χ0n) is 13.3. The van der Waals surface area contributed by atoms with Crippen LogP contribution in [0.3, 0.4) is 0 Å². The fourth-order valence-corrected chi connectivity index (χ4v) is 3.11. The lowest BCUT2D eigenvalue weighted by Gasteiger charge is -2.08. The van der Waals surface area contributed by atoms with Gasteiger partial charge in [0.2, 0.25) is 10.0 Å². The Labute approximate surface area is 142 Å². The molecule has 0 bridgehead atoms. The van der Waals surface area contributed by atoms with E-state index in [0.717, 1.165) is 11.1 Å². The van der Waals surface area contributed by atoms with Crippen LogP contribution in [-0.4, -0.2) is 20.8 Å². The van der Waals surface area contributed by atoms with Crippen molar-refractivity contribution in [2.24, 2.45) is 0 Å². The molecule has 0 atom stereocenters. The third-order valence-corrected chi connectivity index (χ3v) is 4.80. The molecule has 0 amide bonds. The second-order valence-corrected chi connectivity index (χ2v) is 7.27. The van der Waals surface area contributed by atoms with E-state index in [0.29, 0.717) is 25.2 Å². The molecule has 126 valence electrons. The molecule has 2 rings (SSSR count). The summed E-state index contributed by atoms with van der Waals surface area (Å²) in [7, 11) is -3.34. The van der Waals surface area contributed by atoms with Crippen LogP contribution in [0.4, 0.5) is 0 Å². The maximum absolute atomic E-state index is 11.9. The third-order valence-electron chi connectivity index (χ3n) is 3.39. The molecule has 0 aliphatic carbocycles. The average Bonchev–Trinajstić information content (AvgIpc) is 2.61. The minimum atomic E-state index is -3.34. The van der Waals surface area contributed by atoms with E-state index in [1.54, 1.807) is 24.3 Å². The SMILES string of the molecule is N#Cc1ccc(CNS(=O)(=O)CCCOCc2ccccc2)cc1. The zero-order valence-corrected chi connectivity index (χ0v) is 14.1. The molecular formula is C18H20N2O3S. The predicted octanol–water partition coefficient (Wildman–Crippen LogP) is 2.58. The number of hydrogen-bond donors (Lipinski definition) is 1. The summed E-state index contributed by atoms with van der Waals surface area (Å²) in [6, 6.07) is 18.6. The van der Waals surface area contributed by atoms with Gasteiger partial charge in [-0.2, -0.15) is 5.26 Å². The van der Waals surface area contributed by atoms with E-state index in [2.05, 4.69) is 4.72 Å². The molecule has 0 aliphatic heterocycles. The first-order valence-electron chi connectivity index (χ1n) is 7.67. The highest BCUT2D eigenvalue weighted by atomic mass is 32.2. The minimum absolute atomic E-state index is 0.0259. The highest BCUT2D eigenvalue weighted by molar-refractivity contribution is 7.89. The maximum Gasteiger partial charge on any atom is 0.211 e. The Kier molecular flexibility index (Phi) is 6.94. The van der Waals surface area contributed by atoms with E-state index < -0.39 is 10.0 Å². The van der Waals surface area contributed by atoms with Crippen molar-refractivity contribution in [3.05, 3.63) is 71.3 Å². The number of nitrogens with zero attached hydrogens (tertiary/aromatic N) is 1. The van der Waals surface area contributed by atoms with E-state index in [1.165, 1.54) is 0 Å². The maximum atomic E-state index is 11.9. The molecule has 0 fully saturated rings. The summed E-state index contributed by atoms with van der Waals surface area (Å²) in [6.45, 7) is 1.10. The van der Waals surface area contributed by atoms with Gasteiger partial charge in [0, 0.05) is 13.2 Å². The van der Waals surface area contributed by atoms with E-state index in [-0.39, 0.29) is 12.3 Å². The van der Waals surface area contributed by atoms with Crippen LogP contribution in [0.2, 0.25) is 0 Å². The Bertz CT molecular complexity index is 766. The molecule has 0 saturated carbocycles. The predicted molar refractivity (Wildman–Crippen MR) is 92.5 cm³/mol. The first-order chi connectivity index (χ1) is 11.6. The fraction of sp³-hybridized carbons (Fsp3) is 0.278. The van der Waals surface area contributed by atoms with Crippen molar-refractivity contribution in [2.45, 2.75) is 19.6 Å². The Morgan fingerprint density at radius 1 is 1.00 bits per heavy atom. The molecule has 2 aromatic carbocycles. The van der Waals surface area contributed by atoms with Crippen molar-refractivity contribution >= 4 is 10.0 Å². The molecule has 0 saturated heterocycles. The second kappa shape index (κ2) is 9.18. The topological polar surface area (TPSA) is 79.2 Å². The summed E-state index contributed by atoms with van der Waals surface area (Å²) in [5.41, 5.74) is 2.44. The van der Waals surface area contributed by atoms with Crippen LogP contribution >= 0.6 is 0 Å². The second-order valence-electron chi connectivity index (χ2n) is 5.34. The summed E-state index contributed by atoms with van der Waals surface area (Å²) >= 11 is 0. The van der Waals surface area contributed by atoms with E-state index in [1.807, 2.05) is 36.4 Å². The van der Waals surface area contributed by atoms with Gasteiger partial charge in [-0.3, -0.25) is 0 Å². The Morgan fingerprint density at radius 3 is 2.38 bits per heavy atom. The van der Waals surface area contributed by atoms with Crippen LogP contribution < -0.4 is 4.72 Å². The molecule has 0 aliphatic rings. The van der Waals surface area contributed by atoms with Crippen LogP contribution in [0, 0.1) is 11.3 Å². The van der Waals surface area contributed by atoms with Crippen molar-refractivity contribution < 1.29 is 13.2 Å². The Hall–Kier alpha value is -2.20. The summed E-state index contributed by atoms with van der Waals surface area (Å²) in [5.74, 6) is 0.0259. The van der Waals surface area contributed by atoms with Crippen LogP contribution in [0.1, 0.15) is 23.1 Å². The molecular weight excluding hydrogens is 324 g/mol. The van der Waals surface area contributed by atoms with Crippen molar-refractivity contribution in [1.82, 2.24) is 4.72 Å².